The first-order chi connectivity index (χ1) is 13.0. The Labute approximate surface area is 164 Å². The molecule has 2 aromatic rings. The van der Waals surface area contributed by atoms with E-state index in [-0.39, 0.29) is 5.41 Å². The molecule has 1 N–H and O–H groups in total. The molecule has 6 rings (SSSR count). The number of carbonyl (C=O) groups excluding carboxylic acids is 1. The molecule has 144 valence electrons. The van der Waals surface area contributed by atoms with Crippen LogP contribution in [0.2, 0.25) is 0 Å². The lowest BCUT2D eigenvalue weighted by Crippen LogP contribution is -2.53. The van der Waals surface area contributed by atoms with Crippen LogP contribution in [0.3, 0.4) is 0 Å². The molecule has 0 atom stereocenters. The van der Waals surface area contributed by atoms with Crippen molar-refractivity contribution in [1.29, 1.82) is 0 Å². The minimum absolute atomic E-state index is 0.0499. The fourth-order valence-corrected chi connectivity index (χ4v) is 7.08. The maximum atomic E-state index is 13.0. The van der Waals surface area contributed by atoms with Crippen molar-refractivity contribution in [2.24, 2.45) is 23.2 Å². The molecule has 4 aliphatic carbocycles. The number of amides is 1. The second kappa shape index (κ2) is 6.43. The number of aromatic nitrogens is 3. The molecule has 4 bridgehead atoms. The van der Waals surface area contributed by atoms with Crippen LogP contribution >= 0.6 is 11.3 Å². The highest BCUT2D eigenvalue weighted by atomic mass is 32.1. The highest BCUT2D eigenvalue weighted by Gasteiger charge is 2.54. The van der Waals surface area contributed by atoms with Gasteiger partial charge < -0.3 is 5.32 Å². The van der Waals surface area contributed by atoms with Gasteiger partial charge in [-0.05, 0) is 76.2 Å². The molecule has 5 nitrogen and oxygen atoms in total. The predicted molar refractivity (Wildman–Crippen MR) is 106 cm³/mol. The first kappa shape index (κ1) is 17.4. The molecule has 0 saturated heterocycles. The van der Waals surface area contributed by atoms with Gasteiger partial charge in [0.15, 0.2) is 0 Å². The smallest absolute Gasteiger partial charge is 0.226 e. The van der Waals surface area contributed by atoms with Crippen LogP contribution in [0, 0.1) is 37.0 Å². The SMILES string of the molecule is Cc1cc(C)n(-c2nc(CCNC(=O)C34CC5CC(CC(C5)C3)C4)cs2)n1. The molecular formula is C21H28N4OS. The lowest BCUT2D eigenvalue weighted by Gasteiger charge is -2.55. The molecule has 6 heteroatoms. The third-order valence-corrected chi connectivity index (χ3v) is 7.78. The maximum absolute atomic E-state index is 13.0. The lowest BCUT2D eigenvalue weighted by molar-refractivity contribution is -0.146. The second-order valence-corrected chi connectivity index (χ2v) is 10.0. The molecule has 4 fully saturated rings. The monoisotopic (exact) mass is 384 g/mol. The van der Waals surface area contributed by atoms with Crippen LogP contribution in [0.4, 0.5) is 0 Å². The van der Waals surface area contributed by atoms with Crippen molar-refractivity contribution in [3.05, 3.63) is 28.5 Å². The van der Waals surface area contributed by atoms with E-state index in [4.69, 9.17) is 4.98 Å². The van der Waals surface area contributed by atoms with Gasteiger partial charge in [-0.2, -0.15) is 5.10 Å². The first-order valence-electron chi connectivity index (χ1n) is 10.3. The Morgan fingerprint density at radius 1 is 1.22 bits per heavy atom. The number of thiazole rings is 1. The molecule has 2 aromatic heterocycles. The average Bonchev–Trinajstić information content (AvgIpc) is 3.19. The third-order valence-electron chi connectivity index (χ3n) is 6.92. The topological polar surface area (TPSA) is 59.8 Å². The summed E-state index contributed by atoms with van der Waals surface area (Å²) in [6.07, 6.45) is 8.30. The van der Waals surface area contributed by atoms with Gasteiger partial charge in [0.05, 0.1) is 11.4 Å². The average molecular weight is 385 g/mol. The van der Waals surface area contributed by atoms with E-state index in [9.17, 15) is 4.79 Å². The number of carbonyl (C=O) groups is 1. The van der Waals surface area contributed by atoms with Crippen molar-refractivity contribution in [2.45, 2.75) is 58.8 Å². The fraction of sp³-hybridized carbons (Fsp3) is 0.667. The molecule has 27 heavy (non-hydrogen) atoms. The van der Waals surface area contributed by atoms with Crippen LogP contribution in [-0.2, 0) is 11.2 Å². The van der Waals surface area contributed by atoms with Gasteiger partial charge >= 0.3 is 0 Å². The highest BCUT2D eigenvalue weighted by molar-refractivity contribution is 7.12. The molecule has 4 saturated carbocycles. The van der Waals surface area contributed by atoms with Crippen LogP contribution in [0.25, 0.3) is 5.13 Å². The Kier molecular flexibility index (Phi) is 4.15. The van der Waals surface area contributed by atoms with Crippen LogP contribution in [0.5, 0.6) is 0 Å². The quantitative estimate of drug-likeness (QED) is 0.852. The number of rotatable bonds is 5. The van der Waals surface area contributed by atoms with E-state index < -0.39 is 0 Å². The summed E-state index contributed by atoms with van der Waals surface area (Å²) in [5, 5.41) is 10.8. The van der Waals surface area contributed by atoms with Crippen LogP contribution in [-0.4, -0.2) is 27.2 Å². The Morgan fingerprint density at radius 3 is 2.48 bits per heavy atom. The summed E-state index contributed by atoms with van der Waals surface area (Å²) >= 11 is 1.61. The molecule has 1 amide bonds. The predicted octanol–water partition coefficient (Wildman–Crippen LogP) is 3.82. The zero-order chi connectivity index (χ0) is 18.6. The summed E-state index contributed by atoms with van der Waals surface area (Å²) in [7, 11) is 0. The zero-order valence-corrected chi connectivity index (χ0v) is 17.0. The minimum atomic E-state index is -0.0499. The van der Waals surface area contributed by atoms with Gasteiger partial charge in [-0.15, -0.1) is 11.3 Å². The lowest BCUT2D eigenvalue weighted by atomic mass is 9.49. The Hall–Kier alpha value is -1.69. The van der Waals surface area contributed by atoms with Crippen LogP contribution < -0.4 is 5.32 Å². The molecule has 0 unspecified atom stereocenters. The molecule has 2 heterocycles. The largest absolute Gasteiger partial charge is 0.355 e. The van der Waals surface area contributed by atoms with Gasteiger partial charge in [-0.1, -0.05) is 0 Å². The van der Waals surface area contributed by atoms with Crippen molar-refractivity contribution < 1.29 is 4.79 Å². The van der Waals surface area contributed by atoms with Gasteiger partial charge in [0.1, 0.15) is 0 Å². The van der Waals surface area contributed by atoms with E-state index in [0.29, 0.717) is 12.5 Å². The minimum Gasteiger partial charge on any atom is -0.355 e. The summed E-state index contributed by atoms with van der Waals surface area (Å²) in [6.45, 7) is 4.73. The summed E-state index contributed by atoms with van der Waals surface area (Å²) in [5.74, 6) is 2.74. The third kappa shape index (κ3) is 3.12. The fourth-order valence-electron chi connectivity index (χ4n) is 6.21. The van der Waals surface area contributed by atoms with E-state index >= 15 is 0 Å². The number of hydrogen-bond acceptors (Lipinski definition) is 4. The normalized spacial score (nSPS) is 31.4. The Bertz CT molecular complexity index is 832. The van der Waals surface area contributed by atoms with Crippen LogP contribution in [0.1, 0.15) is 55.6 Å². The Balaban J connectivity index is 1.20. The van der Waals surface area contributed by atoms with Crippen molar-refractivity contribution in [2.75, 3.05) is 6.54 Å². The van der Waals surface area contributed by atoms with E-state index in [2.05, 4.69) is 21.9 Å². The zero-order valence-electron chi connectivity index (χ0n) is 16.2. The summed E-state index contributed by atoms with van der Waals surface area (Å²) < 4.78 is 1.90. The standard InChI is InChI=1S/C21H28N4OS/c1-13-5-14(2)25(24-13)20-23-18(12-27-20)3-4-22-19(26)21-9-15-6-16(10-21)8-17(7-15)11-21/h5,12,15-17H,3-4,6-11H2,1-2H3,(H,22,26). The van der Waals surface area contributed by atoms with E-state index in [1.54, 1.807) is 11.3 Å². The number of aryl methyl sites for hydroxylation is 2. The number of nitrogens with one attached hydrogen (secondary N) is 1. The maximum Gasteiger partial charge on any atom is 0.226 e. The van der Waals surface area contributed by atoms with Gasteiger partial charge in [0, 0.05) is 29.5 Å². The Morgan fingerprint density at radius 2 is 1.89 bits per heavy atom. The summed E-state index contributed by atoms with van der Waals surface area (Å²) in [6, 6.07) is 2.06. The second-order valence-electron chi connectivity index (χ2n) is 9.16. The summed E-state index contributed by atoms with van der Waals surface area (Å²) in [4.78, 5) is 17.7. The van der Waals surface area contributed by atoms with Crippen molar-refractivity contribution >= 4 is 17.2 Å². The molecular weight excluding hydrogens is 356 g/mol. The molecule has 0 spiro atoms. The van der Waals surface area contributed by atoms with Gasteiger partial charge in [0.25, 0.3) is 0 Å². The van der Waals surface area contributed by atoms with Gasteiger partial charge in [-0.3, -0.25) is 4.79 Å². The molecule has 4 aliphatic rings. The highest BCUT2D eigenvalue weighted by Crippen LogP contribution is 2.60. The van der Waals surface area contributed by atoms with Gasteiger partial charge in [-0.25, -0.2) is 9.67 Å². The first-order valence-corrected chi connectivity index (χ1v) is 11.1. The van der Waals surface area contributed by atoms with Crippen molar-refractivity contribution in [1.82, 2.24) is 20.1 Å². The van der Waals surface area contributed by atoms with Crippen LogP contribution in [0.15, 0.2) is 11.4 Å². The van der Waals surface area contributed by atoms with E-state index in [1.807, 2.05) is 18.5 Å². The van der Waals surface area contributed by atoms with E-state index in [0.717, 1.165) is 65.7 Å². The summed E-state index contributed by atoms with van der Waals surface area (Å²) in [5.41, 5.74) is 3.09. The molecule has 0 aliphatic heterocycles. The molecule has 0 aromatic carbocycles. The van der Waals surface area contributed by atoms with E-state index in [1.165, 1.54) is 19.3 Å². The van der Waals surface area contributed by atoms with Gasteiger partial charge in [0.2, 0.25) is 11.0 Å². The number of nitrogens with zero attached hydrogens (tertiary/aromatic N) is 3. The van der Waals surface area contributed by atoms with Crippen molar-refractivity contribution in [3.63, 3.8) is 0 Å². The van der Waals surface area contributed by atoms with Crippen molar-refractivity contribution in [3.8, 4) is 5.13 Å². The number of hydrogen-bond donors (Lipinski definition) is 1. The molecule has 0 radical (unpaired) electrons.